The monoisotopic (exact) mass is 737 g/mol. The number of rotatable bonds is 15. The number of halogens is 1. The van der Waals surface area contributed by atoms with Crippen LogP contribution in [0.4, 0.5) is 5.69 Å². The van der Waals surface area contributed by atoms with Gasteiger partial charge in [-0.3, -0.25) is 14.6 Å². The van der Waals surface area contributed by atoms with Crippen molar-refractivity contribution >= 4 is 40.1 Å². The SMILES string of the molecule is CC(=O)O[C@H]1CC2C(C3CC[C@H](C(C)CCCNCCCCCCNc4ccnc5cc(Cl)ccc45)[C@]31C)[C@H](OC(C)=O)C[C@@H]1C[C@H](O)CC[C@]21C. The number of fused-ring (bicyclic) bond motifs is 6. The zero-order valence-corrected chi connectivity index (χ0v) is 33.1. The first kappa shape index (κ1) is 39.3. The van der Waals surface area contributed by atoms with E-state index in [9.17, 15) is 14.7 Å². The maximum Gasteiger partial charge on any atom is 0.302 e. The summed E-state index contributed by atoms with van der Waals surface area (Å²) in [6.45, 7) is 13.4. The Labute approximate surface area is 316 Å². The van der Waals surface area contributed by atoms with E-state index in [2.05, 4.69) is 36.4 Å². The Morgan fingerprint density at radius 1 is 0.942 bits per heavy atom. The Morgan fingerprint density at radius 2 is 1.69 bits per heavy atom. The molecule has 288 valence electrons. The number of nitrogens with zero attached hydrogens (tertiary/aromatic N) is 1. The fourth-order valence-electron chi connectivity index (χ4n) is 11.9. The molecule has 4 saturated carbocycles. The third kappa shape index (κ3) is 8.29. The van der Waals surface area contributed by atoms with Gasteiger partial charge in [0, 0.05) is 54.0 Å². The summed E-state index contributed by atoms with van der Waals surface area (Å²) in [6, 6.07) is 7.89. The van der Waals surface area contributed by atoms with Gasteiger partial charge in [-0.1, -0.05) is 45.2 Å². The lowest BCUT2D eigenvalue weighted by atomic mass is 9.43. The Kier molecular flexibility index (Phi) is 12.8. The summed E-state index contributed by atoms with van der Waals surface area (Å²) in [4.78, 5) is 29.5. The normalized spacial score (nSPS) is 34.5. The minimum Gasteiger partial charge on any atom is -0.462 e. The second-order valence-electron chi connectivity index (χ2n) is 17.4. The second-order valence-corrected chi connectivity index (χ2v) is 17.9. The van der Waals surface area contributed by atoms with E-state index in [-0.39, 0.29) is 47.0 Å². The van der Waals surface area contributed by atoms with Crippen LogP contribution in [0.25, 0.3) is 10.9 Å². The van der Waals surface area contributed by atoms with Gasteiger partial charge in [0.1, 0.15) is 12.2 Å². The van der Waals surface area contributed by atoms with Gasteiger partial charge in [-0.15, -0.1) is 0 Å². The lowest BCUT2D eigenvalue weighted by molar-refractivity contribution is -0.223. The third-order valence-electron chi connectivity index (χ3n) is 14.4. The second kappa shape index (κ2) is 16.9. The average Bonchev–Trinajstić information content (AvgIpc) is 3.45. The number of unbranched alkanes of at least 4 members (excludes halogenated alkanes) is 3. The number of pyridine rings is 1. The standard InChI is InChI=1S/C43H64ClN3O5/c1-27(11-10-20-45-19-8-6-7-9-21-46-37-17-22-47-38-25-31(44)12-13-33(37)38)34-14-15-35-41-36(26-40(43(34,35)5)52-29(3)49)42(4)18-16-32(50)23-30(42)24-39(41)51-28(2)48/h12-13,17,22,25,27,30,32,34-36,39-41,45,50H,6-11,14-16,18-21,23-24,26H2,1-5H3,(H,46,47)/t27?,30-,32+,34+,35?,36?,39+,40-,41?,42-,43+/m0/s1. The van der Waals surface area contributed by atoms with Crippen LogP contribution in [0.15, 0.2) is 30.5 Å². The van der Waals surface area contributed by atoms with E-state index in [1.807, 2.05) is 30.5 Å². The van der Waals surface area contributed by atoms with Gasteiger partial charge in [0.05, 0.1) is 11.6 Å². The molecule has 1 aromatic carbocycles. The highest BCUT2D eigenvalue weighted by Crippen LogP contribution is 2.69. The van der Waals surface area contributed by atoms with Gasteiger partial charge in [0.15, 0.2) is 0 Å². The number of nitrogens with one attached hydrogen (secondary N) is 2. The lowest BCUT2D eigenvalue weighted by Gasteiger charge is -2.64. The van der Waals surface area contributed by atoms with Gasteiger partial charge in [0.2, 0.25) is 0 Å². The van der Waals surface area contributed by atoms with Crippen LogP contribution in [-0.2, 0) is 19.1 Å². The molecule has 4 unspecified atom stereocenters. The molecule has 3 N–H and O–H groups in total. The van der Waals surface area contributed by atoms with Crippen molar-refractivity contribution in [3.05, 3.63) is 35.5 Å². The molecule has 0 radical (unpaired) electrons. The van der Waals surface area contributed by atoms with E-state index in [1.165, 1.54) is 26.2 Å². The molecular weight excluding hydrogens is 674 g/mol. The van der Waals surface area contributed by atoms with Crippen molar-refractivity contribution in [2.75, 3.05) is 25.0 Å². The number of anilines is 1. The molecular formula is C43H64ClN3O5. The fourth-order valence-corrected chi connectivity index (χ4v) is 12.1. The van der Waals surface area contributed by atoms with Crippen molar-refractivity contribution in [2.24, 2.45) is 46.3 Å². The van der Waals surface area contributed by atoms with Crippen LogP contribution >= 0.6 is 11.6 Å². The first-order valence-corrected chi connectivity index (χ1v) is 20.8. The van der Waals surface area contributed by atoms with Crippen LogP contribution in [0, 0.1) is 46.3 Å². The summed E-state index contributed by atoms with van der Waals surface area (Å²) >= 11 is 6.13. The van der Waals surface area contributed by atoms with E-state index in [4.69, 9.17) is 21.1 Å². The average molecular weight is 738 g/mol. The molecule has 4 aliphatic carbocycles. The predicted molar refractivity (Wildman–Crippen MR) is 208 cm³/mol. The van der Waals surface area contributed by atoms with Gasteiger partial charge in [-0.25, -0.2) is 0 Å². The van der Waals surface area contributed by atoms with Gasteiger partial charge < -0.3 is 25.2 Å². The minimum absolute atomic E-state index is 0.0532. The summed E-state index contributed by atoms with van der Waals surface area (Å²) < 4.78 is 12.5. The first-order chi connectivity index (χ1) is 24.9. The summed E-state index contributed by atoms with van der Waals surface area (Å²) in [5, 5.41) is 19.7. The molecule has 1 heterocycles. The maximum atomic E-state index is 12.6. The zero-order chi connectivity index (χ0) is 37.0. The van der Waals surface area contributed by atoms with Crippen molar-refractivity contribution in [2.45, 2.75) is 136 Å². The third-order valence-corrected chi connectivity index (χ3v) is 14.6. The summed E-state index contributed by atoms with van der Waals surface area (Å²) in [5.74, 6) is 1.79. The Morgan fingerprint density at radius 3 is 2.46 bits per heavy atom. The topological polar surface area (TPSA) is 110 Å². The largest absolute Gasteiger partial charge is 0.462 e. The fraction of sp³-hybridized carbons (Fsp3) is 0.744. The number of benzene rings is 1. The molecule has 0 aliphatic heterocycles. The van der Waals surface area contributed by atoms with Crippen LogP contribution in [0.5, 0.6) is 0 Å². The van der Waals surface area contributed by atoms with Crippen molar-refractivity contribution in [1.82, 2.24) is 10.3 Å². The Balaban J connectivity index is 0.974. The van der Waals surface area contributed by atoms with Gasteiger partial charge >= 0.3 is 11.9 Å². The number of aromatic nitrogens is 1. The molecule has 2 aromatic rings. The highest BCUT2D eigenvalue weighted by molar-refractivity contribution is 6.31. The van der Waals surface area contributed by atoms with Gasteiger partial charge in [0.25, 0.3) is 0 Å². The van der Waals surface area contributed by atoms with Crippen molar-refractivity contribution in [3.63, 3.8) is 0 Å². The van der Waals surface area contributed by atoms with Gasteiger partial charge in [-0.05, 0) is 143 Å². The number of hydrogen-bond donors (Lipinski definition) is 3. The molecule has 0 spiro atoms. The molecule has 0 bridgehead atoms. The number of hydrogen-bond acceptors (Lipinski definition) is 8. The summed E-state index contributed by atoms with van der Waals surface area (Å²) in [6.07, 6.45) is 14.7. The van der Waals surface area contributed by atoms with Crippen molar-refractivity contribution in [3.8, 4) is 0 Å². The van der Waals surface area contributed by atoms with E-state index < -0.39 is 0 Å². The van der Waals surface area contributed by atoms with Crippen LogP contribution in [0.3, 0.4) is 0 Å². The molecule has 4 aliphatic rings. The van der Waals surface area contributed by atoms with Crippen molar-refractivity contribution < 1.29 is 24.2 Å². The maximum absolute atomic E-state index is 12.6. The van der Waals surface area contributed by atoms with E-state index >= 15 is 0 Å². The molecule has 8 nitrogen and oxygen atoms in total. The van der Waals surface area contributed by atoms with Crippen molar-refractivity contribution in [1.29, 1.82) is 0 Å². The Hall–Kier alpha value is -2.42. The van der Waals surface area contributed by atoms with E-state index in [1.54, 1.807) is 6.92 Å². The van der Waals surface area contributed by atoms with Gasteiger partial charge in [-0.2, -0.15) is 0 Å². The number of aliphatic hydroxyl groups is 1. The molecule has 52 heavy (non-hydrogen) atoms. The molecule has 1 aromatic heterocycles. The number of ether oxygens (including phenoxy) is 2. The van der Waals surface area contributed by atoms with Crippen LogP contribution in [0.1, 0.15) is 118 Å². The number of esters is 2. The number of aliphatic hydroxyl groups excluding tert-OH is 1. The zero-order valence-electron chi connectivity index (χ0n) is 32.3. The highest BCUT2D eigenvalue weighted by Gasteiger charge is 2.67. The lowest BCUT2D eigenvalue weighted by Crippen LogP contribution is -2.63. The molecule has 0 amide bonds. The molecule has 0 saturated heterocycles. The number of carbonyl (C=O) groups excluding carboxylic acids is 2. The summed E-state index contributed by atoms with van der Waals surface area (Å²) in [7, 11) is 0. The van der Waals surface area contributed by atoms with Crippen LogP contribution in [-0.4, -0.2) is 60.0 Å². The van der Waals surface area contributed by atoms with Crippen LogP contribution < -0.4 is 10.6 Å². The summed E-state index contributed by atoms with van der Waals surface area (Å²) in [5.41, 5.74) is 1.93. The quantitative estimate of drug-likeness (QED) is 0.123. The highest BCUT2D eigenvalue weighted by atomic mass is 35.5. The Bertz CT molecular complexity index is 1540. The molecule has 9 heteroatoms. The van der Waals surface area contributed by atoms with E-state index in [0.29, 0.717) is 34.6 Å². The minimum atomic E-state index is -0.286. The predicted octanol–water partition coefficient (Wildman–Crippen LogP) is 8.97. The van der Waals surface area contributed by atoms with Crippen LogP contribution in [0.2, 0.25) is 5.02 Å². The molecule has 4 fully saturated rings. The smallest absolute Gasteiger partial charge is 0.302 e. The first-order valence-electron chi connectivity index (χ1n) is 20.4. The molecule has 11 atom stereocenters. The molecule has 6 rings (SSSR count). The van der Waals surface area contributed by atoms with E-state index in [0.717, 1.165) is 100 Å². The number of carbonyl (C=O) groups is 2.